The van der Waals surface area contributed by atoms with Crippen LogP contribution in [0, 0.1) is 6.92 Å². The zero-order valence-corrected chi connectivity index (χ0v) is 11.3. The van der Waals surface area contributed by atoms with Gasteiger partial charge in [-0.2, -0.15) is 0 Å². The Labute approximate surface area is 109 Å². The van der Waals surface area contributed by atoms with Gasteiger partial charge in [0.15, 0.2) is 0 Å². The Balaban J connectivity index is 1.92. The van der Waals surface area contributed by atoms with Crippen molar-refractivity contribution in [2.24, 2.45) is 0 Å². The molecule has 0 aliphatic carbocycles. The molecule has 18 heavy (non-hydrogen) atoms. The largest absolute Gasteiger partial charge is 0.345 e. The van der Waals surface area contributed by atoms with Crippen LogP contribution in [0.25, 0.3) is 0 Å². The number of imidazole rings is 1. The van der Waals surface area contributed by atoms with E-state index in [2.05, 4.69) is 53.4 Å². The fourth-order valence-electron chi connectivity index (χ4n) is 1.98. The molecule has 3 heteroatoms. The normalized spacial score (nSPS) is 12.6. The number of H-pyrrole nitrogens is 1. The minimum atomic E-state index is 0.347. The third-order valence-corrected chi connectivity index (χ3v) is 3.24. The number of aromatic nitrogens is 2. The Bertz CT molecular complexity index is 485. The summed E-state index contributed by atoms with van der Waals surface area (Å²) >= 11 is 0. The van der Waals surface area contributed by atoms with Crippen LogP contribution in [0.3, 0.4) is 0 Å². The van der Waals surface area contributed by atoms with Gasteiger partial charge in [0, 0.05) is 24.5 Å². The molecule has 0 amide bonds. The van der Waals surface area contributed by atoms with Crippen LogP contribution in [-0.2, 0) is 13.0 Å². The lowest BCUT2D eigenvalue weighted by molar-refractivity contribution is 0.568. The van der Waals surface area contributed by atoms with E-state index in [1.54, 1.807) is 0 Å². The van der Waals surface area contributed by atoms with Crippen molar-refractivity contribution in [1.82, 2.24) is 15.3 Å². The lowest BCUT2D eigenvalue weighted by atomic mass is 10.1. The summed E-state index contributed by atoms with van der Waals surface area (Å²) in [6.45, 7) is 7.15. The molecule has 0 radical (unpaired) electrons. The quantitative estimate of drug-likeness (QED) is 0.847. The van der Waals surface area contributed by atoms with Crippen LogP contribution in [0.15, 0.2) is 30.5 Å². The van der Waals surface area contributed by atoms with Crippen LogP contribution in [0.2, 0.25) is 0 Å². The summed E-state index contributed by atoms with van der Waals surface area (Å²) in [6, 6.07) is 9.16. The third kappa shape index (κ3) is 3.20. The Morgan fingerprint density at radius 1 is 1.28 bits per heavy atom. The van der Waals surface area contributed by atoms with Crippen molar-refractivity contribution in [3.8, 4) is 0 Å². The van der Waals surface area contributed by atoms with Gasteiger partial charge in [0.05, 0.1) is 0 Å². The zero-order valence-electron chi connectivity index (χ0n) is 11.3. The molecular weight excluding hydrogens is 222 g/mol. The first-order valence-electron chi connectivity index (χ1n) is 6.51. The molecule has 96 valence electrons. The predicted molar refractivity (Wildman–Crippen MR) is 74.4 cm³/mol. The van der Waals surface area contributed by atoms with Gasteiger partial charge < -0.3 is 10.3 Å². The molecule has 0 bridgehead atoms. The second kappa shape index (κ2) is 5.83. The summed E-state index contributed by atoms with van der Waals surface area (Å²) in [4.78, 5) is 7.42. The van der Waals surface area contributed by atoms with Gasteiger partial charge in [-0.25, -0.2) is 4.98 Å². The summed E-state index contributed by atoms with van der Waals surface area (Å²) in [5.41, 5.74) is 3.84. The number of hydrogen-bond acceptors (Lipinski definition) is 2. The van der Waals surface area contributed by atoms with Gasteiger partial charge in [0.1, 0.15) is 5.82 Å². The summed E-state index contributed by atoms with van der Waals surface area (Å²) in [5.74, 6) is 0.965. The van der Waals surface area contributed by atoms with Crippen molar-refractivity contribution in [2.75, 3.05) is 0 Å². The third-order valence-electron chi connectivity index (χ3n) is 3.24. The highest BCUT2D eigenvalue weighted by Crippen LogP contribution is 2.14. The molecule has 0 saturated carbocycles. The van der Waals surface area contributed by atoms with Gasteiger partial charge in [0.25, 0.3) is 0 Å². The van der Waals surface area contributed by atoms with Gasteiger partial charge >= 0.3 is 0 Å². The molecule has 1 aromatic carbocycles. The molecule has 2 aromatic rings. The van der Waals surface area contributed by atoms with Crippen molar-refractivity contribution in [3.63, 3.8) is 0 Å². The van der Waals surface area contributed by atoms with Crippen LogP contribution >= 0.6 is 0 Å². The van der Waals surface area contributed by atoms with Gasteiger partial charge in [0.2, 0.25) is 0 Å². The molecule has 1 aromatic heterocycles. The first-order valence-corrected chi connectivity index (χ1v) is 6.51. The number of aryl methyl sites for hydroxylation is 2. The molecule has 0 spiro atoms. The molecule has 1 unspecified atom stereocenters. The van der Waals surface area contributed by atoms with Gasteiger partial charge in [-0.3, -0.25) is 0 Å². The van der Waals surface area contributed by atoms with E-state index >= 15 is 0 Å². The molecule has 0 saturated heterocycles. The van der Waals surface area contributed by atoms with Crippen molar-refractivity contribution >= 4 is 0 Å². The van der Waals surface area contributed by atoms with Crippen LogP contribution < -0.4 is 5.32 Å². The standard InChI is InChI=1S/C15H21N3/c1-4-13-5-7-14(8-6-13)11(2)16-9-15-10-17-12(3)18-15/h5-8,10-11,16H,4,9H2,1-3H3,(H,17,18). The van der Waals surface area contributed by atoms with Gasteiger partial charge in [-0.15, -0.1) is 0 Å². The fourth-order valence-corrected chi connectivity index (χ4v) is 1.98. The summed E-state index contributed by atoms with van der Waals surface area (Å²) in [7, 11) is 0. The molecule has 0 aliphatic rings. The lowest BCUT2D eigenvalue weighted by Crippen LogP contribution is -2.18. The average Bonchev–Trinajstić information content (AvgIpc) is 2.82. The number of nitrogens with zero attached hydrogens (tertiary/aromatic N) is 1. The molecule has 2 N–H and O–H groups in total. The Morgan fingerprint density at radius 3 is 2.56 bits per heavy atom. The first kappa shape index (κ1) is 12.8. The Morgan fingerprint density at radius 2 is 2.00 bits per heavy atom. The van der Waals surface area contributed by atoms with Gasteiger partial charge in [-0.1, -0.05) is 31.2 Å². The van der Waals surface area contributed by atoms with E-state index < -0.39 is 0 Å². The summed E-state index contributed by atoms with van der Waals surface area (Å²) < 4.78 is 0. The van der Waals surface area contributed by atoms with Gasteiger partial charge in [-0.05, 0) is 31.4 Å². The summed E-state index contributed by atoms with van der Waals surface area (Å²) in [5, 5.41) is 3.49. The molecule has 3 nitrogen and oxygen atoms in total. The number of aromatic amines is 1. The van der Waals surface area contributed by atoms with Crippen molar-refractivity contribution in [1.29, 1.82) is 0 Å². The predicted octanol–water partition coefficient (Wildman–Crippen LogP) is 3.13. The van der Waals surface area contributed by atoms with E-state index in [1.165, 1.54) is 11.1 Å². The number of rotatable bonds is 5. The van der Waals surface area contributed by atoms with Crippen molar-refractivity contribution in [3.05, 3.63) is 53.1 Å². The number of nitrogens with one attached hydrogen (secondary N) is 2. The molecule has 1 heterocycles. The maximum Gasteiger partial charge on any atom is 0.103 e. The highest BCUT2D eigenvalue weighted by Gasteiger charge is 2.05. The maximum atomic E-state index is 4.19. The van der Waals surface area contributed by atoms with E-state index in [1.807, 2.05) is 13.1 Å². The minimum Gasteiger partial charge on any atom is -0.345 e. The van der Waals surface area contributed by atoms with E-state index in [4.69, 9.17) is 0 Å². The first-order chi connectivity index (χ1) is 8.69. The smallest absolute Gasteiger partial charge is 0.103 e. The second-order valence-electron chi connectivity index (χ2n) is 4.69. The highest BCUT2D eigenvalue weighted by molar-refractivity contribution is 5.24. The van der Waals surface area contributed by atoms with Crippen molar-refractivity contribution < 1.29 is 0 Å². The van der Waals surface area contributed by atoms with Crippen LogP contribution in [-0.4, -0.2) is 9.97 Å². The molecule has 2 rings (SSSR count). The van der Waals surface area contributed by atoms with E-state index in [0.29, 0.717) is 6.04 Å². The van der Waals surface area contributed by atoms with Crippen LogP contribution in [0.4, 0.5) is 0 Å². The van der Waals surface area contributed by atoms with Crippen LogP contribution in [0.5, 0.6) is 0 Å². The van der Waals surface area contributed by atoms with E-state index in [-0.39, 0.29) is 0 Å². The second-order valence-corrected chi connectivity index (χ2v) is 4.69. The molecule has 1 atom stereocenters. The Hall–Kier alpha value is -1.61. The highest BCUT2D eigenvalue weighted by atomic mass is 15.0. The minimum absolute atomic E-state index is 0.347. The molecule has 0 fully saturated rings. The maximum absolute atomic E-state index is 4.19. The molecule has 0 aliphatic heterocycles. The van der Waals surface area contributed by atoms with Crippen LogP contribution in [0.1, 0.15) is 42.5 Å². The monoisotopic (exact) mass is 243 g/mol. The Kier molecular flexibility index (Phi) is 4.15. The van der Waals surface area contributed by atoms with E-state index in [0.717, 1.165) is 24.5 Å². The van der Waals surface area contributed by atoms with E-state index in [9.17, 15) is 0 Å². The lowest BCUT2D eigenvalue weighted by Gasteiger charge is -2.14. The summed E-state index contributed by atoms with van der Waals surface area (Å²) in [6.07, 6.45) is 2.98. The number of benzene rings is 1. The topological polar surface area (TPSA) is 40.7 Å². The molecular formula is C15H21N3. The SMILES string of the molecule is CCc1ccc(C(C)NCc2cnc(C)[nH]2)cc1. The van der Waals surface area contributed by atoms with Crippen molar-refractivity contribution in [2.45, 2.75) is 39.8 Å². The number of hydrogen-bond donors (Lipinski definition) is 2. The average molecular weight is 243 g/mol. The fraction of sp³-hybridized carbons (Fsp3) is 0.400. The zero-order chi connectivity index (χ0) is 13.0.